The Kier molecular flexibility index (Phi) is 3.46. The molecule has 0 saturated heterocycles. The van der Waals surface area contributed by atoms with Crippen molar-refractivity contribution in [1.82, 2.24) is 0 Å². The number of rotatable bonds is 1. The van der Waals surface area contributed by atoms with E-state index in [1.54, 1.807) is 0 Å². The molecule has 21 heavy (non-hydrogen) atoms. The van der Waals surface area contributed by atoms with Crippen LogP contribution in [0.25, 0.3) is 0 Å². The van der Waals surface area contributed by atoms with Crippen molar-refractivity contribution >= 4 is 11.7 Å². The second kappa shape index (κ2) is 4.74. The lowest BCUT2D eigenvalue weighted by atomic mass is 9.85. The molecule has 4 nitrogen and oxygen atoms in total. The first kappa shape index (κ1) is 15.3. The zero-order valence-electron chi connectivity index (χ0n) is 10.8. The monoisotopic (exact) mass is 309 g/mol. The molecule has 0 bridgehead atoms. The first-order valence-electron chi connectivity index (χ1n) is 5.86. The Hall–Kier alpha value is -2.06. The van der Waals surface area contributed by atoms with Gasteiger partial charge in [-0.2, -0.15) is 13.2 Å². The van der Waals surface area contributed by atoms with Gasteiger partial charge in [0.1, 0.15) is 0 Å². The molecule has 9 heteroatoms. The maximum atomic E-state index is 13.9. The van der Waals surface area contributed by atoms with Crippen LogP contribution in [-0.2, 0) is 10.3 Å². The Morgan fingerprint density at radius 3 is 2.48 bits per heavy atom. The van der Waals surface area contributed by atoms with Crippen molar-refractivity contribution in [3.63, 3.8) is 0 Å². The molecule has 1 aliphatic rings. The number of nitrogens with zero attached hydrogens (tertiary/aromatic N) is 1. The van der Waals surface area contributed by atoms with E-state index in [1.165, 1.54) is 6.92 Å². The first-order chi connectivity index (χ1) is 9.53. The lowest BCUT2D eigenvalue weighted by molar-refractivity contribution is -0.208. The summed E-state index contributed by atoms with van der Waals surface area (Å²) in [6.45, 7) is 1.21. The van der Waals surface area contributed by atoms with E-state index in [9.17, 15) is 22.0 Å². The van der Waals surface area contributed by atoms with Gasteiger partial charge in [-0.1, -0.05) is 0 Å². The molecular weight excluding hydrogens is 297 g/mol. The highest BCUT2D eigenvalue weighted by atomic mass is 19.4. The van der Waals surface area contributed by atoms with Crippen molar-refractivity contribution in [3.8, 4) is 0 Å². The third-order valence-corrected chi connectivity index (χ3v) is 3.20. The van der Waals surface area contributed by atoms with Crippen LogP contribution in [0.3, 0.4) is 0 Å². The third kappa shape index (κ3) is 2.86. The fraction of sp³-hybridized carbons (Fsp3) is 0.417. The van der Waals surface area contributed by atoms with Crippen molar-refractivity contribution < 1.29 is 26.7 Å². The van der Waals surface area contributed by atoms with Gasteiger partial charge in [-0.15, -0.1) is 0 Å². The fourth-order valence-electron chi connectivity index (χ4n) is 2.22. The van der Waals surface area contributed by atoms with Gasteiger partial charge in [-0.3, -0.25) is 0 Å². The van der Waals surface area contributed by atoms with E-state index in [1.807, 2.05) is 0 Å². The number of halogens is 5. The lowest BCUT2D eigenvalue weighted by Gasteiger charge is -2.35. The lowest BCUT2D eigenvalue weighted by Crippen LogP contribution is -2.46. The summed E-state index contributed by atoms with van der Waals surface area (Å²) in [7, 11) is 0. The van der Waals surface area contributed by atoms with Crippen molar-refractivity contribution in [2.45, 2.75) is 31.2 Å². The highest BCUT2D eigenvalue weighted by molar-refractivity contribution is 5.73. The van der Waals surface area contributed by atoms with Gasteiger partial charge in [-0.05, 0) is 19.1 Å². The molecule has 0 aromatic heterocycles. The van der Waals surface area contributed by atoms with Gasteiger partial charge in [0.2, 0.25) is 0 Å². The van der Waals surface area contributed by atoms with Gasteiger partial charge in [0, 0.05) is 17.7 Å². The topological polar surface area (TPSA) is 73.6 Å². The summed E-state index contributed by atoms with van der Waals surface area (Å²) in [5.41, 5.74) is 8.38. The minimum absolute atomic E-state index is 0.131. The molecule has 2 atom stereocenters. The normalized spacial score (nSPS) is 26.2. The van der Waals surface area contributed by atoms with Crippen molar-refractivity contribution in [2.24, 2.45) is 10.7 Å². The zero-order chi connectivity index (χ0) is 16.0. The van der Waals surface area contributed by atoms with Crippen LogP contribution in [0.2, 0.25) is 0 Å². The molecule has 1 aromatic rings. The van der Waals surface area contributed by atoms with Crippen LogP contribution < -0.4 is 11.5 Å². The molecule has 0 saturated carbocycles. The predicted octanol–water partition coefficient (Wildman–Crippen LogP) is 2.43. The molecule has 1 aromatic carbocycles. The Morgan fingerprint density at radius 2 is 1.90 bits per heavy atom. The SMILES string of the molecule is C[C@@]1(c2cc(N)cc(F)c2F)C[C@@H](C(F)(F)F)OC(N)=N1. The predicted molar refractivity (Wildman–Crippen MR) is 65.3 cm³/mol. The average molecular weight is 309 g/mol. The first-order valence-corrected chi connectivity index (χ1v) is 5.86. The summed E-state index contributed by atoms with van der Waals surface area (Å²) >= 11 is 0. The van der Waals surface area contributed by atoms with Gasteiger partial charge in [0.05, 0.1) is 5.54 Å². The number of amidine groups is 1. The smallest absolute Gasteiger partial charge is 0.425 e. The van der Waals surface area contributed by atoms with Crippen LogP contribution in [0.15, 0.2) is 17.1 Å². The van der Waals surface area contributed by atoms with Crippen LogP contribution in [0.1, 0.15) is 18.9 Å². The standard InChI is InChI=1S/C12H12F5N3O/c1-11(6-2-5(18)3-7(13)9(6)14)4-8(12(15,16)17)21-10(19)20-11/h2-3,8H,4,18H2,1H3,(H2,19,20)/t8-,11-/m0/s1. The molecule has 116 valence electrons. The Morgan fingerprint density at radius 1 is 1.29 bits per heavy atom. The maximum absolute atomic E-state index is 13.9. The van der Waals surface area contributed by atoms with Crippen molar-refractivity contribution in [3.05, 3.63) is 29.3 Å². The number of aliphatic imine (C=N–C) groups is 1. The minimum atomic E-state index is -4.71. The third-order valence-electron chi connectivity index (χ3n) is 3.20. The van der Waals surface area contributed by atoms with Gasteiger partial charge in [0.15, 0.2) is 17.7 Å². The minimum Gasteiger partial charge on any atom is -0.452 e. The van der Waals surface area contributed by atoms with Crippen LogP contribution in [-0.4, -0.2) is 18.3 Å². The van der Waals surface area contributed by atoms with Crippen LogP contribution >= 0.6 is 0 Å². The number of hydrogen-bond acceptors (Lipinski definition) is 4. The maximum Gasteiger partial charge on any atom is 0.425 e. The van der Waals surface area contributed by atoms with Gasteiger partial charge < -0.3 is 16.2 Å². The molecule has 1 heterocycles. The number of alkyl halides is 3. The Bertz CT molecular complexity index is 601. The summed E-state index contributed by atoms with van der Waals surface area (Å²) in [6.07, 6.45) is -7.71. The van der Waals surface area contributed by atoms with Crippen LogP contribution in [0, 0.1) is 11.6 Å². The van der Waals surface area contributed by atoms with Crippen LogP contribution in [0.4, 0.5) is 27.6 Å². The molecule has 0 aliphatic carbocycles. The highest BCUT2D eigenvalue weighted by Gasteiger charge is 2.50. The summed E-state index contributed by atoms with van der Waals surface area (Å²) in [4.78, 5) is 3.70. The summed E-state index contributed by atoms with van der Waals surface area (Å²) in [6, 6.07) is 1.03. The number of anilines is 1. The molecule has 4 N–H and O–H groups in total. The fourth-order valence-corrected chi connectivity index (χ4v) is 2.22. The second-order valence-electron chi connectivity index (χ2n) is 4.94. The quantitative estimate of drug-likeness (QED) is 0.618. The Balaban J connectivity index is 2.53. The van der Waals surface area contributed by atoms with Crippen molar-refractivity contribution in [2.75, 3.05) is 5.73 Å². The van der Waals surface area contributed by atoms with Crippen LogP contribution in [0.5, 0.6) is 0 Å². The summed E-state index contributed by atoms with van der Waals surface area (Å²) in [5, 5.41) is 0. The molecule has 2 rings (SSSR count). The molecule has 1 aliphatic heterocycles. The van der Waals surface area contributed by atoms with E-state index in [2.05, 4.69) is 9.73 Å². The number of hydrogen-bond donors (Lipinski definition) is 2. The van der Waals surface area contributed by atoms with Crippen molar-refractivity contribution in [1.29, 1.82) is 0 Å². The van der Waals surface area contributed by atoms with E-state index in [0.717, 1.165) is 12.1 Å². The highest BCUT2D eigenvalue weighted by Crippen LogP contribution is 2.41. The zero-order valence-corrected chi connectivity index (χ0v) is 10.8. The summed E-state index contributed by atoms with van der Waals surface area (Å²) in [5.74, 6) is -2.58. The van der Waals surface area contributed by atoms with E-state index >= 15 is 0 Å². The van der Waals surface area contributed by atoms with Gasteiger partial charge >= 0.3 is 6.18 Å². The number of nitrogen functional groups attached to an aromatic ring is 1. The number of benzene rings is 1. The molecule has 0 unspecified atom stereocenters. The van der Waals surface area contributed by atoms with E-state index in [-0.39, 0.29) is 5.69 Å². The van der Waals surface area contributed by atoms with E-state index in [0.29, 0.717) is 0 Å². The number of nitrogens with two attached hydrogens (primary N) is 2. The second-order valence-corrected chi connectivity index (χ2v) is 4.94. The molecule has 0 spiro atoms. The average Bonchev–Trinajstić information content (AvgIpc) is 2.31. The number of ether oxygens (including phenoxy) is 1. The van der Waals surface area contributed by atoms with E-state index in [4.69, 9.17) is 11.5 Å². The Labute approximate surface area is 116 Å². The largest absolute Gasteiger partial charge is 0.452 e. The molecular formula is C12H12F5N3O. The van der Waals surface area contributed by atoms with Gasteiger partial charge in [-0.25, -0.2) is 13.8 Å². The molecule has 0 amide bonds. The molecule has 0 fully saturated rings. The molecule has 0 radical (unpaired) electrons. The van der Waals surface area contributed by atoms with E-state index < -0.39 is 47.5 Å². The summed E-state index contributed by atoms with van der Waals surface area (Å²) < 4.78 is 70.1. The van der Waals surface area contributed by atoms with Gasteiger partial charge in [0.25, 0.3) is 6.02 Å².